The average molecular weight is 259 g/mol. The molecule has 6 heteroatoms. The first-order valence-electron chi connectivity index (χ1n) is 5.95. The molecule has 1 aromatic heterocycles. The maximum atomic E-state index is 12.1. The number of aromatic nitrogens is 2. The highest BCUT2D eigenvalue weighted by molar-refractivity contribution is 6.04. The number of fused-ring (bicyclic) bond motifs is 1. The number of benzene rings is 1. The van der Waals surface area contributed by atoms with Crippen molar-refractivity contribution in [1.29, 1.82) is 0 Å². The third kappa shape index (κ3) is 2.24. The highest BCUT2D eigenvalue weighted by atomic mass is 16.6. The molecule has 2 heterocycles. The Morgan fingerprint density at radius 2 is 2.11 bits per heavy atom. The maximum absolute atomic E-state index is 12.1. The van der Waals surface area contributed by atoms with E-state index < -0.39 is 0 Å². The van der Waals surface area contributed by atoms with Crippen LogP contribution in [-0.2, 0) is 0 Å². The van der Waals surface area contributed by atoms with Gasteiger partial charge in [-0.25, -0.2) is 0 Å². The first kappa shape index (κ1) is 11.6. The van der Waals surface area contributed by atoms with Crippen LogP contribution in [-0.4, -0.2) is 29.3 Å². The van der Waals surface area contributed by atoms with Gasteiger partial charge in [-0.3, -0.25) is 9.89 Å². The number of H-pyrrole nitrogens is 1. The summed E-state index contributed by atoms with van der Waals surface area (Å²) in [5.41, 5.74) is 1.39. The SMILES string of the molecule is Cc1cn[nH]c1NC(=O)c1ccc2c(c1)OCCO2. The van der Waals surface area contributed by atoms with Crippen LogP contribution in [0.15, 0.2) is 24.4 Å². The van der Waals surface area contributed by atoms with Gasteiger partial charge in [0.25, 0.3) is 5.91 Å². The van der Waals surface area contributed by atoms with Gasteiger partial charge in [-0.1, -0.05) is 0 Å². The van der Waals surface area contributed by atoms with Crippen LogP contribution >= 0.6 is 0 Å². The predicted octanol–water partition coefficient (Wildman–Crippen LogP) is 1.74. The number of carbonyl (C=O) groups excluding carboxylic acids is 1. The number of ether oxygens (including phenoxy) is 2. The summed E-state index contributed by atoms with van der Waals surface area (Å²) in [4.78, 5) is 12.1. The van der Waals surface area contributed by atoms with Gasteiger partial charge in [-0.15, -0.1) is 0 Å². The topological polar surface area (TPSA) is 76.2 Å². The van der Waals surface area contributed by atoms with Gasteiger partial charge in [0, 0.05) is 11.1 Å². The van der Waals surface area contributed by atoms with Gasteiger partial charge in [0.2, 0.25) is 0 Å². The lowest BCUT2D eigenvalue weighted by molar-refractivity contribution is 0.102. The standard InChI is InChI=1S/C13H13N3O3/c1-8-7-14-16-12(8)15-13(17)9-2-3-10-11(6-9)19-5-4-18-10/h2-3,6-7H,4-5H2,1H3,(H2,14,15,16,17). The molecule has 0 saturated heterocycles. The smallest absolute Gasteiger partial charge is 0.256 e. The third-order valence-corrected chi connectivity index (χ3v) is 2.87. The van der Waals surface area contributed by atoms with Crippen LogP contribution in [0.3, 0.4) is 0 Å². The molecule has 1 aromatic carbocycles. The summed E-state index contributed by atoms with van der Waals surface area (Å²) in [5.74, 6) is 1.64. The normalized spacial score (nSPS) is 13.1. The summed E-state index contributed by atoms with van der Waals surface area (Å²) in [7, 11) is 0. The molecule has 0 atom stereocenters. The van der Waals surface area contributed by atoms with Crippen LogP contribution < -0.4 is 14.8 Å². The van der Waals surface area contributed by atoms with E-state index in [-0.39, 0.29) is 5.91 Å². The second-order valence-corrected chi connectivity index (χ2v) is 4.24. The van der Waals surface area contributed by atoms with Crippen molar-refractivity contribution >= 4 is 11.7 Å². The Morgan fingerprint density at radius 1 is 1.32 bits per heavy atom. The molecule has 1 aliphatic heterocycles. The predicted molar refractivity (Wildman–Crippen MR) is 68.7 cm³/mol. The first-order valence-corrected chi connectivity index (χ1v) is 5.95. The largest absolute Gasteiger partial charge is 0.486 e. The summed E-state index contributed by atoms with van der Waals surface area (Å²) in [5, 5.41) is 9.34. The van der Waals surface area contributed by atoms with E-state index in [1.165, 1.54) is 0 Å². The molecule has 2 N–H and O–H groups in total. The average Bonchev–Trinajstić information content (AvgIpc) is 2.84. The fraction of sp³-hybridized carbons (Fsp3) is 0.231. The van der Waals surface area contributed by atoms with E-state index in [1.54, 1.807) is 24.4 Å². The van der Waals surface area contributed by atoms with Crippen LogP contribution in [0.4, 0.5) is 5.82 Å². The van der Waals surface area contributed by atoms with Crippen LogP contribution in [0.25, 0.3) is 0 Å². The van der Waals surface area contributed by atoms with E-state index in [2.05, 4.69) is 15.5 Å². The molecular formula is C13H13N3O3. The fourth-order valence-electron chi connectivity index (χ4n) is 1.84. The van der Waals surface area contributed by atoms with Crippen molar-refractivity contribution in [2.75, 3.05) is 18.5 Å². The Kier molecular flexibility index (Phi) is 2.83. The zero-order valence-electron chi connectivity index (χ0n) is 10.4. The lowest BCUT2D eigenvalue weighted by Gasteiger charge is -2.18. The summed E-state index contributed by atoms with van der Waals surface area (Å²) < 4.78 is 10.9. The number of nitrogens with one attached hydrogen (secondary N) is 2. The van der Waals surface area contributed by atoms with Gasteiger partial charge in [0.1, 0.15) is 19.0 Å². The molecule has 6 nitrogen and oxygen atoms in total. The van der Waals surface area contributed by atoms with E-state index in [9.17, 15) is 4.79 Å². The van der Waals surface area contributed by atoms with Gasteiger partial charge in [-0.05, 0) is 25.1 Å². The van der Waals surface area contributed by atoms with Gasteiger partial charge >= 0.3 is 0 Å². The molecule has 1 aliphatic rings. The van der Waals surface area contributed by atoms with Gasteiger partial charge < -0.3 is 14.8 Å². The van der Waals surface area contributed by atoms with E-state index >= 15 is 0 Å². The highest BCUT2D eigenvalue weighted by Crippen LogP contribution is 2.30. The van der Waals surface area contributed by atoms with E-state index in [4.69, 9.17) is 9.47 Å². The minimum Gasteiger partial charge on any atom is -0.486 e. The van der Waals surface area contributed by atoms with Crippen LogP contribution in [0.2, 0.25) is 0 Å². The Hall–Kier alpha value is -2.50. The van der Waals surface area contributed by atoms with Crippen molar-refractivity contribution < 1.29 is 14.3 Å². The number of rotatable bonds is 2. The Bertz CT molecular complexity index is 621. The second kappa shape index (κ2) is 4.64. The summed E-state index contributed by atoms with van der Waals surface area (Å²) in [6.45, 7) is 2.90. The van der Waals surface area contributed by atoms with Crippen molar-refractivity contribution in [3.63, 3.8) is 0 Å². The number of nitrogens with zero attached hydrogens (tertiary/aromatic N) is 1. The number of hydrogen-bond donors (Lipinski definition) is 2. The van der Waals surface area contributed by atoms with E-state index in [1.807, 2.05) is 6.92 Å². The monoisotopic (exact) mass is 259 g/mol. The number of carbonyl (C=O) groups is 1. The number of aryl methyl sites for hydroxylation is 1. The number of amides is 1. The minimum atomic E-state index is -0.218. The molecule has 0 spiro atoms. The molecule has 0 radical (unpaired) electrons. The Balaban J connectivity index is 1.82. The van der Waals surface area contributed by atoms with Gasteiger partial charge in [0.05, 0.1) is 6.20 Å². The van der Waals surface area contributed by atoms with Crippen molar-refractivity contribution in [1.82, 2.24) is 10.2 Å². The van der Waals surface area contributed by atoms with Crippen molar-refractivity contribution in [3.05, 3.63) is 35.5 Å². The molecule has 3 rings (SSSR count). The number of hydrogen-bond acceptors (Lipinski definition) is 4. The van der Waals surface area contributed by atoms with Crippen LogP contribution in [0.1, 0.15) is 15.9 Å². The summed E-state index contributed by atoms with van der Waals surface area (Å²) in [6, 6.07) is 5.12. The number of aromatic amines is 1. The molecule has 1 amide bonds. The van der Waals surface area contributed by atoms with Crippen molar-refractivity contribution in [2.45, 2.75) is 6.92 Å². The highest BCUT2D eigenvalue weighted by Gasteiger charge is 2.15. The molecule has 2 aromatic rings. The lowest BCUT2D eigenvalue weighted by Crippen LogP contribution is -2.17. The van der Waals surface area contributed by atoms with E-state index in [0.717, 1.165) is 5.56 Å². The van der Waals surface area contributed by atoms with Gasteiger partial charge in [-0.2, -0.15) is 5.10 Å². The number of anilines is 1. The molecule has 0 unspecified atom stereocenters. The van der Waals surface area contributed by atoms with Gasteiger partial charge in [0.15, 0.2) is 11.5 Å². The summed E-state index contributed by atoms with van der Waals surface area (Å²) in [6.07, 6.45) is 1.65. The Morgan fingerprint density at radius 3 is 2.84 bits per heavy atom. The molecule has 19 heavy (non-hydrogen) atoms. The molecule has 98 valence electrons. The van der Waals surface area contributed by atoms with Crippen LogP contribution in [0, 0.1) is 6.92 Å². The summed E-state index contributed by atoms with van der Waals surface area (Å²) >= 11 is 0. The van der Waals surface area contributed by atoms with E-state index in [0.29, 0.717) is 36.1 Å². The fourth-order valence-corrected chi connectivity index (χ4v) is 1.84. The van der Waals surface area contributed by atoms with Crippen molar-refractivity contribution in [2.24, 2.45) is 0 Å². The van der Waals surface area contributed by atoms with Crippen LogP contribution in [0.5, 0.6) is 11.5 Å². The second-order valence-electron chi connectivity index (χ2n) is 4.24. The minimum absolute atomic E-state index is 0.218. The maximum Gasteiger partial charge on any atom is 0.256 e. The molecule has 0 aliphatic carbocycles. The molecular weight excluding hydrogens is 246 g/mol. The molecule has 0 bridgehead atoms. The van der Waals surface area contributed by atoms with Crippen molar-refractivity contribution in [3.8, 4) is 11.5 Å². The zero-order valence-corrected chi connectivity index (χ0v) is 10.4. The molecule has 0 saturated carbocycles. The third-order valence-electron chi connectivity index (χ3n) is 2.87. The zero-order chi connectivity index (χ0) is 13.2. The molecule has 0 fully saturated rings. The Labute approximate surface area is 109 Å². The quantitative estimate of drug-likeness (QED) is 0.861. The lowest BCUT2D eigenvalue weighted by atomic mass is 10.2. The first-order chi connectivity index (χ1) is 9.24.